The van der Waals surface area contributed by atoms with Crippen LogP contribution in [0, 0.1) is 12.7 Å². The molecule has 0 radical (unpaired) electrons. The van der Waals surface area contributed by atoms with Crippen molar-refractivity contribution in [2.24, 2.45) is 0 Å². The highest BCUT2D eigenvalue weighted by Crippen LogP contribution is 2.26. The van der Waals surface area contributed by atoms with E-state index >= 15 is 0 Å². The van der Waals surface area contributed by atoms with E-state index in [9.17, 15) is 4.39 Å². The number of hydrogen-bond acceptors (Lipinski definition) is 3. The maximum atomic E-state index is 13.5. The Balaban J connectivity index is 1.84. The van der Waals surface area contributed by atoms with Gasteiger partial charge in [0, 0.05) is 5.56 Å². The van der Waals surface area contributed by atoms with Gasteiger partial charge < -0.3 is 0 Å². The number of halogens is 2. The average molecular weight is 339 g/mol. The van der Waals surface area contributed by atoms with E-state index in [1.807, 2.05) is 18.2 Å². The van der Waals surface area contributed by atoms with Gasteiger partial charge in [-0.15, -0.1) is 0 Å². The highest BCUT2D eigenvalue weighted by atomic mass is 35.5. The van der Waals surface area contributed by atoms with Crippen LogP contribution in [0.2, 0.25) is 5.02 Å². The molecule has 0 fully saturated rings. The minimum atomic E-state index is -0.243. The molecule has 0 spiro atoms. The largest absolute Gasteiger partial charge is 0.234 e. The predicted molar refractivity (Wildman–Crippen MR) is 91.8 cm³/mol. The lowest BCUT2D eigenvalue weighted by Gasteiger charge is -2.06. The molecule has 0 amide bonds. The molecule has 2 heterocycles. The normalized spacial score (nSPS) is 11.1. The topological polar surface area (TPSA) is 43.6 Å². The van der Waals surface area contributed by atoms with E-state index in [0.717, 1.165) is 16.8 Å². The molecular weight excluding hydrogens is 327 g/mol. The van der Waals surface area contributed by atoms with Crippen molar-refractivity contribution >= 4 is 22.6 Å². The molecule has 4 aromatic rings. The van der Waals surface area contributed by atoms with Crippen molar-refractivity contribution in [1.29, 1.82) is 0 Å². The molecule has 0 saturated carbocycles. The Morgan fingerprint density at radius 1 is 1.08 bits per heavy atom. The van der Waals surface area contributed by atoms with Crippen LogP contribution in [0.25, 0.3) is 28.1 Å². The first-order valence-electron chi connectivity index (χ1n) is 7.36. The van der Waals surface area contributed by atoms with Crippen LogP contribution in [0.15, 0.2) is 54.9 Å². The molecule has 0 unspecified atom stereocenters. The number of aryl methyl sites for hydroxylation is 1. The summed E-state index contributed by atoms with van der Waals surface area (Å²) in [6, 6.07) is 12.3. The van der Waals surface area contributed by atoms with Gasteiger partial charge in [-0.05, 0) is 42.8 Å². The number of aromatic nitrogens is 4. The minimum Gasteiger partial charge on any atom is -0.234 e. The van der Waals surface area contributed by atoms with Crippen molar-refractivity contribution in [2.45, 2.75) is 6.92 Å². The second-order valence-corrected chi connectivity index (χ2v) is 5.84. The summed E-state index contributed by atoms with van der Waals surface area (Å²) in [5, 5.41) is 4.95. The summed E-state index contributed by atoms with van der Waals surface area (Å²) in [7, 11) is 0. The number of rotatable bonds is 2. The molecule has 0 N–H and O–H groups in total. The van der Waals surface area contributed by atoms with Gasteiger partial charge in [-0.2, -0.15) is 5.10 Å². The van der Waals surface area contributed by atoms with Gasteiger partial charge in [0.1, 0.15) is 16.9 Å². The fourth-order valence-corrected chi connectivity index (χ4v) is 2.78. The third kappa shape index (κ3) is 2.43. The van der Waals surface area contributed by atoms with E-state index in [1.165, 1.54) is 6.07 Å². The van der Waals surface area contributed by atoms with E-state index in [0.29, 0.717) is 21.9 Å². The monoisotopic (exact) mass is 338 g/mol. The molecule has 0 saturated heterocycles. The summed E-state index contributed by atoms with van der Waals surface area (Å²) >= 11 is 6.21. The van der Waals surface area contributed by atoms with Crippen molar-refractivity contribution in [1.82, 2.24) is 19.7 Å². The summed E-state index contributed by atoms with van der Waals surface area (Å²) in [4.78, 5) is 8.95. The maximum Gasteiger partial charge on any atom is 0.161 e. The molecular formula is C18H12ClFN4. The van der Waals surface area contributed by atoms with Gasteiger partial charge in [0.2, 0.25) is 0 Å². The van der Waals surface area contributed by atoms with Crippen LogP contribution >= 0.6 is 11.6 Å². The van der Waals surface area contributed by atoms with Crippen molar-refractivity contribution in [2.75, 3.05) is 0 Å². The summed E-state index contributed by atoms with van der Waals surface area (Å²) in [6.07, 6.45) is 3.36. The number of nitrogens with zero attached hydrogens (tertiary/aromatic N) is 4. The Bertz CT molecular complexity index is 1060. The number of hydrogen-bond donors (Lipinski definition) is 0. The quantitative estimate of drug-likeness (QED) is 0.537. The maximum absolute atomic E-state index is 13.5. The Morgan fingerprint density at radius 3 is 2.71 bits per heavy atom. The van der Waals surface area contributed by atoms with Crippen LogP contribution < -0.4 is 0 Å². The third-order valence-electron chi connectivity index (χ3n) is 3.82. The molecule has 4 nitrogen and oxygen atoms in total. The van der Waals surface area contributed by atoms with Gasteiger partial charge in [0.05, 0.1) is 23.1 Å². The lowest BCUT2D eigenvalue weighted by molar-refractivity contribution is 0.617. The fraction of sp³-hybridized carbons (Fsp3) is 0.0556. The average Bonchev–Trinajstić information content (AvgIpc) is 3.01. The highest BCUT2D eigenvalue weighted by Gasteiger charge is 2.11. The van der Waals surface area contributed by atoms with Crippen LogP contribution in [0.4, 0.5) is 4.39 Å². The second kappa shape index (κ2) is 5.69. The predicted octanol–water partition coefficient (Wildman–Crippen LogP) is 4.58. The molecule has 2 aromatic carbocycles. The van der Waals surface area contributed by atoms with Gasteiger partial charge in [-0.1, -0.05) is 23.7 Å². The number of fused-ring (bicyclic) bond motifs is 1. The SMILES string of the molecule is Cc1cc(-n2ncc3nc(-c4ccccc4Cl)ncc32)ccc1F. The van der Waals surface area contributed by atoms with E-state index < -0.39 is 0 Å². The zero-order valence-electron chi connectivity index (χ0n) is 12.7. The summed E-state index contributed by atoms with van der Waals surface area (Å²) in [5.41, 5.74) is 3.54. The summed E-state index contributed by atoms with van der Waals surface area (Å²) in [5.74, 6) is 0.301. The Hall–Kier alpha value is -2.79. The minimum absolute atomic E-state index is 0.243. The van der Waals surface area contributed by atoms with Crippen LogP contribution in [-0.2, 0) is 0 Å². The smallest absolute Gasteiger partial charge is 0.161 e. The standard InChI is InChI=1S/C18H12ClFN4/c1-11-8-12(6-7-15(11)20)24-17-10-21-18(23-16(17)9-22-24)13-4-2-3-5-14(13)19/h2-10H,1H3. The van der Waals surface area contributed by atoms with Gasteiger partial charge >= 0.3 is 0 Å². The van der Waals surface area contributed by atoms with Crippen LogP contribution in [-0.4, -0.2) is 19.7 Å². The molecule has 0 aliphatic rings. The Kier molecular flexibility index (Phi) is 3.50. The van der Waals surface area contributed by atoms with Gasteiger partial charge in [0.25, 0.3) is 0 Å². The molecule has 24 heavy (non-hydrogen) atoms. The van der Waals surface area contributed by atoms with E-state index in [2.05, 4.69) is 15.1 Å². The van der Waals surface area contributed by atoms with E-state index in [1.54, 1.807) is 42.2 Å². The first-order chi connectivity index (χ1) is 11.6. The molecule has 2 aromatic heterocycles. The van der Waals surface area contributed by atoms with Crippen LogP contribution in [0.5, 0.6) is 0 Å². The first kappa shape index (κ1) is 14.8. The number of benzene rings is 2. The molecule has 6 heteroatoms. The van der Waals surface area contributed by atoms with Crippen molar-refractivity contribution in [3.63, 3.8) is 0 Å². The van der Waals surface area contributed by atoms with Crippen molar-refractivity contribution in [3.05, 3.63) is 71.3 Å². The van der Waals surface area contributed by atoms with Crippen LogP contribution in [0.1, 0.15) is 5.56 Å². The zero-order chi connectivity index (χ0) is 16.7. The lowest BCUT2D eigenvalue weighted by atomic mass is 10.2. The summed E-state index contributed by atoms with van der Waals surface area (Å²) < 4.78 is 15.2. The zero-order valence-corrected chi connectivity index (χ0v) is 13.5. The van der Waals surface area contributed by atoms with Crippen molar-refractivity contribution in [3.8, 4) is 17.1 Å². The highest BCUT2D eigenvalue weighted by molar-refractivity contribution is 6.33. The molecule has 4 rings (SSSR count). The van der Waals surface area contributed by atoms with E-state index in [4.69, 9.17) is 11.6 Å². The molecule has 0 aliphatic carbocycles. The molecule has 0 bridgehead atoms. The molecule has 0 aliphatic heterocycles. The fourth-order valence-electron chi connectivity index (χ4n) is 2.56. The third-order valence-corrected chi connectivity index (χ3v) is 4.15. The van der Waals surface area contributed by atoms with Crippen molar-refractivity contribution < 1.29 is 4.39 Å². The van der Waals surface area contributed by atoms with Gasteiger partial charge in [-0.25, -0.2) is 19.0 Å². The van der Waals surface area contributed by atoms with Gasteiger partial charge in [-0.3, -0.25) is 0 Å². The lowest BCUT2D eigenvalue weighted by Crippen LogP contribution is -1.98. The molecule has 0 atom stereocenters. The van der Waals surface area contributed by atoms with E-state index in [-0.39, 0.29) is 5.82 Å². The summed E-state index contributed by atoms with van der Waals surface area (Å²) in [6.45, 7) is 1.72. The second-order valence-electron chi connectivity index (χ2n) is 5.43. The molecule has 118 valence electrons. The Morgan fingerprint density at radius 2 is 1.92 bits per heavy atom. The first-order valence-corrected chi connectivity index (χ1v) is 7.73. The van der Waals surface area contributed by atoms with Gasteiger partial charge in [0.15, 0.2) is 5.82 Å². The Labute approximate surface area is 142 Å². The van der Waals surface area contributed by atoms with Crippen LogP contribution in [0.3, 0.4) is 0 Å².